The largest absolute Gasteiger partial charge is 0.489 e. The third-order valence-electron chi connectivity index (χ3n) is 6.31. The minimum Gasteiger partial charge on any atom is -0.489 e. The molecule has 0 saturated carbocycles. The van der Waals surface area contributed by atoms with Crippen molar-refractivity contribution in [3.05, 3.63) is 41.0 Å². The third-order valence-corrected chi connectivity index (χ3v) is 6.58. The van der Waals surface area contributed by atoms with Gasteiger partial charge in [-0.05, 0) is 50.3 Å². The second-order valence-corrected chi connectivity index (χ2v) is 9.28. The molecule has 2 aliphatic rings. The molecule has 6 nitrogen and oxygen atoms in total. The number of Topliss-reactive ketones (excluding diaryl/α,β-unsaturated/α-hetero) is 1. The summed E-state index contributed by atoms with van der Waals surface area (Å²) in [4.78, 5) is 25.1. The molecule has 1 aromatic heterocycles. The summed E-state index contributed by atoms with van der Waals surface area (Å²) in [5.74, 6) is 2.85. The summed E-state index contributed by atoms with van der Waals surface area (Å²) in [5, 5.41) is 0.583. The first-order valence-corrected chi connectivity index (χ1v) is 11.6. The van der Waals surface area contributed by atoms with Gasteiger partial charge in [-0.1, -0.05) is 30.7 Å². The van der Waals surface area contributed by atoms with Gasteiger partial charge >= 0.3 is 0 Å². The molecule has 3 atom stereocenters. The first-order valence-electron chi connectivity index (χ1n) is 11.2. The van der Waals surface area contributed by atoms with E-state index in [-0.39, 0.29) is 17.8 Å². The van der Waals surface area contributed by atoms with Crippen molar-refractivity contribution in [2.45, 2.75) is 64.5 Å². The van der Waals surface area contributed by atoms with Crippen molar-refractivity contribution in [1.29, 1.82) is 0 Å². The number of aromatic nitrogens is 2. The summed E-state index contributed by atoms with van der Waals surface area (Å²) in [6.45, 7) is 8.52. The van der Waals surface area contributed by atoms with E-state index in [4.69, 9.17) is 21.3 Å². The standard InChI is InChI=1S/C24H31ClN4O2/c1-16(13-18(3)30)19-6-8-20(9-7-19)31-21-10-12-28(15-21)23-22(25)14-26-24(27-23)29-11-4-5-17(29)2/h6-9,14,16-17,21H,4-5,10-13,15H2,1-3H3/t16-,17+,21-/m1/s1. The van der Waals surface area contributed by atoms with E-state index < -0.39 is 0 Å². The molecule has 2 fully saturated rings. The Morgan fingerprint density at radius 2 is 2.03 bits per heavy atom. The molecule has 1 aromatic carbocycles. The highest BCUT2D eigenvalue weighted by Gasteiger charge is 2.29. The number of hydrogen-bond donors (Lipinski definition) is 0. The Bertz CT molecular complexity index is 920. The zero-order chi connectivity index (χ0) is 22.0. The molecule has 31 heavy (non-hydrogen) atoms. The highest BCUT2D eigenvalue weighted by Crippen LogP contribution is 2.31. The van der Waals surface area contributed by atoms with Gasteiger partial charge in [-0.15, -0.1) is 0 Å². The van der Waals surface area contributed by atoms with Crippen molar-refractivity contribution in [1.82, 2.24) is 9.97 Å². The van der Waals surface area contributed by atoms with E-state index in [1.54, 1.807) is 13.1 Å². The second kappa shape index (κ2) is 9.43. The van der Waals surface area contributed by atoms with Gasteiger partial charge < -0.3 is 19.3 Å². The van der Waals surface area contributed by atoms with Gasteiger partial charge in [0, 0.05) is 32.0 Å². The Hall–Kier alpha value is -2.34. The lowest BCUT2D eigenvalue weighted by Crippen LogP contribution is -2.30. The van der Waals surface area contributed by atoms with E-state index in [1.165, 1.54) is 12.8 Å². The summed E-state index contributed by atoms with van der Waals surface area (Å²) in [6.07, 6.45) is 5.63. The van der Waals surface area contributed by atoms with Crippen molar-refractivity contribution in [3.63, 3.8) is 0 Å². The Balaban J connectivity index is 1.39. The summed E-state index contributed by atoms with van der Waals surface area (Å²) in [7, 11) is 0. The van der Waals surface area contributed by atoms with Crippen molar-refractivity contribution >= 4 is 29.2 Å². The van der Waals surface area contributed by atoms with Crippen LogP contribution in [0.15, 0.2) is 30.5 Å². The van der Waals surface area contributed by atoms with Gasteiger partial charge in [0.15, 0.2) is 5.82 Å². The normalized spacial score (nSPS) is 22.1. The van der Waals surface area contributed by atoms with E-state index in [0.717, 1.165) is 49.1 Å². The van der Waals surface area contributed by atoms with Crippen molar-refractivity contribution in [3.8, 4) is 5.75 Å². The topological polar surface area (TPSA) is 58.6 Å². The van der Waals surface area contributed by atoms with Crippen LogP contribution >= 0.6 is 11.6 Å². The van der Waals surface area contributed by atoms with E-state index in [9.17, 15) is 4.79 Å². The van der Waals surface area contributed by atoms with Gasteiger partial charge in [-0.2, -0.15) is 4.98 Å². The molecular weight excluding hydrogens is 412 g/mol. The van der Waals surface area contributed by atoms with Crippen LogP contribution in [0.5, 0.6) is 5.75 Å². The molecule has 0 bridgehead atoms. The number of carbonyl (C=O) groups excluding carboxylic acids is 1. The molecule has 0 amide bonds. The molecule has 0 unspecified atom stereocenters. The van der Waals surface area contributed by atoms with Crippen LogP contribution in [-0.2, 0) is 4.79 Å². The van der Waals surface area contributed by atoms with Crippen LogP contribution in [0.1, 0.15) is 57.9 Å². The SMILES string of the molecule is CC(=O)C[C@@H](C)c1ccc(O[C@@H]2CCN(c3nc(N4CCC[C@@H]4C)ncc3Cl)C2)cc1. The molecule has 0 spiro atoms. The van der Waals surface area contributed by atoms with E-state index in [0.29, 0.717) is 17.5 Å². The average Bonchev–Trinajstić information content (AvgIpc) is 3.37. The minimum atomic E-state index is 0.0840. The van der Waals surface area contributed by atoms with Crippen molar-refractivity contribution < 1.29 is 9.53 Å². The van der Waals surface area contributed by atoms with Crippen LogP contribution in [0.25, 0.3) is 0 Å². The lowest BCUT2D eigenvalue weighted by atomic mass is 9.96. The van der Waals surface area contributed by atoms with Crippen LogP contribution < -0.4 is 14.5 Å². The summed E-state index contributed by atoms with van der Waals surface area (Å²) in [5.41, 5.74) is 1.16. The average molecular weight is 443 g/mol. The fourth-order valence-electron chi connectivity index (χ4n) is 4.57. The molecular formula is C24H31ClN4O2. The summed E-state index contributed by atoms with van der Waals surface area (Å²) < 4.78 is 6.22. The quantitative estimate of drug-likeness (QED) is 0.610. The van der Waals surface area contributed by atoms with Crippen LogP contribution in [0.2, 0.25) is 5.02 Å². The predicted octanol–water partition coefficient (Wildman–Crippen LogP) is 4.86. The lowest BCUT2D eigenvalue weighted by molar-refractivity contribution is -0.117. The van der Waals surface area contributed by atoms with Gasteiger partial charge in [0.2, 0.25) is 5.95 Å². The predicted molar refractivity (Wildman–Crippen MR) is 124 cm³/mol. The highest BCUT2D eigenvalue weighted by atomic mass is 35.5. The van der Waals surface area contributed by atoms with Crippen molar-refractivity contribution in [2.75, 3.05) is 29.4 Å². The number of ether oxygens (including phenoxy) is 1. The van der Waals surface area contributed by atoms with E-state index in [2.05, 4.69) is 40.8 Å². The minimum absolute atomic E-state index is 0.0840. The maximum Gasteiger partial charge on any atom is 0.227 e. The summed E-state index contributed by atoms with van der Waals surface area (Å²) in [6, 6.07) is 8.57. The van der Waals surface area contributed by atoms with Crippen LogP contribution in [-0.4, -0.2) is 47.5 Å². The number of halogens is 1. The fourth-order valence-corrected chi connectivity index (χ4v) is 4.78. The lowest BCUT2D eigenvalue weighted by Gasteiger charge is -2.24. The molecule has 7 heteroatoms. The molecule has 0 radical (unpaired) electrons. The first-order chi connectivity index (χ1) is 14.9. The monoisotopic (exact) mass is 442 g/mol. The van der Waals surface area contributed by atoms with E-state index in [1.807, 2.05) is 12.1 Å². The second-order valence-electron chi connectivity index (χ2n) is 8.88. The zero-order valence-corrected chi connectivity index (χ0v) is 19.3. The maximum absolute atomic E-state index is 11.4. The zero-order valence-electron chi connectivity index (χ0n) is 18.6. The van der Waals surface area contributed by atoms with Gasteiger partial charge in [0.05, 0.1) is 12.7 Å². The Labute approximate surface area is 189 Å². The number of carbonyl (C=O) groups is 1. The summed E-state index contributed by atoms with van der Waals surface area (Å²) >= 11 is 6.46. The fraction of sp³-hybridized carbons (Fsp3) is 0.542. The van der Waals surface area contributed by atoms with E-state index >= 15 is 0 Å². The smallest absolute Gasteiger partial charge is 0.227 e. The molecule has 2 saturated heterocycles. The molecule has 0 N–H and O–H groups in total. The first kappa shape index (κ1) is 21.9. The molecule has 3 heterocycles. The molecule has 166 valence electrons. The van der Waals surface area contributed by atoms with Gasteiger partial charge in [0.1, 0.15) is 22.7 Å². The number of nitrogens with zero attached hydrogens (tertiary/aromatic N) is 4. The number of rotatable bonds is 7. The number of benzene rings is 1. The van der Waals surface area contributed by atoms with Crippen LogP contribution in [0.3, 0.4) is 0 Å². The molecule has 0 aliphatic carbocycles. The molecule has 2 aliphatic heterocycles. The third kappa shape index (κ3) is 5.12. The Kier molecular flexibility index (Phi) is 6.65. The van der Waals surface area contributed by atoms with Crippen LogP contribution in [0, 0.1) is 0 Å². The number of hydrogen-bond acceptors (Lipinski definition) is 6. The maximum atomic E-state index is 11.4. The van der Waals surface area contributed by atoms with Crippen LogP contribution in [0.4, 0.5) is 11.8 Å². The van der Waals surface area contributed by atoms with Gasteiger partial charge in [0.25, 0.3) is 0 Å². The Morgan fingerprint density at radius 3 is 2.71 bits per heavy atom. The highest BCUT2D eigenvalue weighted by molar-refractivity contribution is 6.32. The van der Waals surface area contributed by atoms with Gasteiger partial charge in [-0.3, -0.25) is 0 Å². The number of ketones is 1. The molecule has 2 aromatic rings. The van der Waals surface area contributed by atoms with Crippen molar-refractivity contribution in [2.24, 2.45) is 0 Å². The molecule has 4 rings (SSSR count). The Morgan fingerprint density at radius 1 is 1.26 bits per heavy atom. The van der Waals surface area contributed by atoms with Gasteiger partial charge in [-0.25, -0.2) is 4.98 Å². The number of anilines is 2.